The van der Waals surface area contributed by atoms with Crippen molar-refractivity contribution in [3.63, 3.8) is 0 Å². The second kappa shape index (κ2) is 5.44. The molecule has 23 heavy (non-hydrogen) atoms. The molecule has 114 valence electrons. The van der Waals surface area contributed by atoms with E-state index in [0.717, 1.165) is 33.4 Å². The fourth-order valence-corrected chi connectivity index (χ4v) is 2.92. The number of aryl methyl sites for hydroxylation is 1. The van der Waals surface area contributed by atoms with Crippen molar-refractivity contribution in [1.29, 1.82) is 0 Å². The molecule has 4 aromatic rings. The van der Waals surface area contributed by atoms with Gasteiger partial charge in [-0.15, -0.1) is 0 Å². The lowest BCUT2D eigenvalue weighted by molar-refractivity contribution is 0.300. The normalized spacial score (nSPS) is 11.4. The third-order valence-electron chi connectivity index (χ3n) is 4.09. The number of aliphatic hydroxyl groups excluding tert-OH is 1. The van der Waals surface area contributed by atoms with E-state index in [1.54, 1.807) is 4.52 Å². The summed E-state index contributed by atoms with van der Waals surface area (Å²) >= 11 is 0. The summed E-state index contributed by atoms with van der Waals surface area (Å²) in [5, 5.41) is 14.5. The van der Waals surface area contributed by atoms with Crippen LogP contribution in [0, 0.1) is 6.92 Å². The van der Waals surface area contributed by atoms with Crippen molar-refractivity contribution in [2.24, 2.45) is 0 Å². The van der Waals surface area contributed by atoms with Crippen molar-refractivity contribution in [1.82, 2.24) is 19.6 Å². The predicted octanol–water partition coefficient (Wildman–Crippen LogP) is 2.79. The quantitative estimate of drug-likeness (QED) is 0.632. The van der Waals surface area contributed by atoms with E-state index in [-0.39, 0.29) is 6.61 Å². The molecule has 3 heterocycles. The smallest absolute Gasteiger partial charge is 0.155 e. The van der Waals surface area contributed by atoms with Gasteiger partial charge in [0, 0.05) is 23.8 Å². The Morgan fingerprint density at radius 1 is 1.17 bits per heavy atom. The number of pyridine rings is 2. The highest BCUT2D eigenvalue weighted by Crippen LogP contribution is 2.27. The molecular weight excluding hydrogens is 288 g/mol. The highest BCUT2D eigenvalue weighted by molar-refractivity contribution is 5.87. The average Bonchev–Trinajstić information content (AvgIpc) is 3.03. The van der Waals surface area contributed by atoms with Crippen LogP contribution >= 0.6 is 0 Å². The zero-order chi connectivity index (χ0) is 15.8. The van der Waals surface area contributed by atoms with E-state index in [0.29, 0.717) is 6.42 Å². The Hall–Kier alpha value is -2.79. The van der Waals surface area contributed by atoms with Crippen molar-refractivity contribution in [2.75, 3.05) is 6.61 Å². The van der Waals surface area contributed by atoms with Gasteiger partial charge in [-0.2, -0.15) is 5.10 Å². The monoisotopic (exact) mass is 304 g/mol. The number of hydrogen-bond donors (Lipinski definition) is 1. The molecule has 0 fully saturated rings. The lowest BCUT2D eigenvalue weighted by atomic mass is 10.0. The Balaban J connectivity index is 1.94. The van der Waals surface area contributed by atoms with Gasteiger partial charge < -0.3 is 5.11 Å². The average molecular weight is 304 g/mol. The molecule has 1 aromatic carbocycles. The maximum atomic E-state index is 9.28. The molecule has 0 aliphatic carbocycles. The Morgan fingerprint density at radius 3 is 2.96 bits per heavy atom. The van der Waals surface area contributed by atoms with Crippen molar-refractivity contribution in [3.05, 3.63) is 60.0 Å². The highest BCUT2D eigenvalue weighted by atomic mass is 16.2. The Morgan fingerprint density at radius 2 is 2.09 bits per heavy atom. The summed E-state index contributed by atoms with van der Waals surface area (Å²) in [6.07, 6.45) is 4.03. The molecule has 5 nitrogen and oxygen atoms in total. The molecular formula is C18H16N4O. The van der Waals surface area contributed by atoms with E-state index in [1.165, 1.54) is 11.9 Å². The lowest BCUT2D eigenvalue weighted by Crippen LogP contribution is -1.97. The van der Waals surface area contributed by atoms with Gasteiger partial charge in [0.25, 0.3) is 0 Å². The highest BCUT2D eigenvalue weighted by Gasteiger charge is 2.09. The van der Waals surface area contributed by atoms with Gasteiger partial charge in [-0.1, -0.05) is 18.2 Å². The molecule has 0 aliphatic heterocycles. The van der Waals surface area contributed by atoms with Crippen LogP contribution in [0.4, 0.5) is 0 Å². The first kappa shape index (κ1) is 13.8. The molecule has 0 saturated carbocycles. The van der Waals surface area contributed by atoms with Gasteiger partial charge in [0.1, 0.15) is 6.33 Å². The summed E-state index contributed by atoms with van der Waals surface area (Å²) in [6.45, 7) is 2.21. The van der Waals surface area contributed by atoms with E-state index in [1.807, 2.05) is 30.5 Å². The Labute approximate surface area is 133 Å². The topological polar surface area (TPSA) is 63.3 Å². The number of para-hydroxylation sites is 1. The van der Waals surface area contributed by atoms with E-state index < -0.39 is 0 Å². The summed E-state index contributed by atoms with van der Waals surface area (Å²) in [5.74, 6) is 0. The predicted molar refractivity (Wildman–Crippen MR) is 89.3 cm³/mol. The Kier molecular flexibility index (Phi) is 3.28. The van der Waals surface area contributed by atoms with Crippen LogP contribution in [0.25, 0.3) is 27.8 Å². The first-order chi connectivity index (χ1) is 11.3. The molecule has 0 radical (unpaired) electrons. The SMILES string of the molecule is Cc1cc(-c2ccn3ncnc3c2)nc2c(CCO)cccc12. The summed E-state index contributed by atoms with van der Waals surface area (Å²) in [4.78, 5) is 9.08. The first-order valence-corrected chi connectivity index (χ1v) is 7.56. The maximum absolute atomic E-state index is 9.28. The summed E-state index contributed by atoms with van der Waals surface area (Å²) in [5.41, 5.74) is 5.91. The fourth-order valence-electron chi connectivity index (χ4n) is 2.92. The van der Waals surface area contributed by atoms with Crippen LogP contribution in [0.3, 0.4) is 0 Å². The van der Waals surface area contributed by atoms with E-state index in [4.69, 9.17) is 4.98 Å². The standard InChI is InChI=1S/C18H16N4O/c1-12-9-16(14-5-7-22-17(10-14)19-11-20-22)21-18-13(6-8-23)3-2-4-15(12)18/h2-5,7,9-11,23H,6,8H2,1H3. The van der Waals surface area contributed by atoms with E-state index in [9.17, 15) is 5.11 Å². The molecule has 1 N–H and O–H groups in total. The summed E-state index contributed by atoms with van der Waals surface area (Å²) in [7, 11) is 0. The van der Waals surface area contributed by atoms with E-state index in [2.05, 4.69) is 29.1 Å². The maximum Gasteiger partial charge on any atom is 0.155 e. The van der Waals surface area contributed by atoms with Crippen molar-refractivity contribution >= 4 is 16.6 Å². The molecule has 5 heteroatoms. The second-order valence-corrected chi connectivity index (χ2v) is 5.59. The number of hydrogen-bond acceptors (Lipinski definition) is 4. The number of benzene rings is 1. The number of rotatable bonds is 3. The second-order valence-electron chi connectivity index (χ2n) is 5.59. The van der Waals surface area contributed by atoms with Crippen LogP contribution in [-0.4, -0.2) is 31.3 Å². The summed E-state index contributed by atoms with van der Waals surface area (Å²) < 4.78 is 1.73. The minimum atomic E-state index is 0.121. The molecule has 0 saturated heterocycles. The Bertz CT molecular complexity index is 1010. The third kappa shape index (κ3) is 2.35. The van der Waals surface area contributed by atoms with Gasteiger partial charge in [-0.3, -0.25) is 0 Å². The minimum Gasteiger partial charge on any atom is -0.396 e. The van der Waals surface area contributed by atoms with Gasteiger partial charge in [-0.25, -0.2) is 14.5 Å². The minimum absolute atomic E-state index is 0.121. The molecule has 0 unspecified atom stereocenters. The van der Waals surface area contributed by atoms with Crippen LogP contribution in [0.2, 0.25) is 0 Å². The van der Waals surface area contributed by atoms with E-state index >= 15 is 0 Å². The largest absolute Gasteiger partial charge is 0.396 e. The number of aromatic nitrogens is 4. The molecule has 3 aromatic heterocycles. The number of aliphatic hydroxyl groups is 1. The molecule has 4 rings (SSSR count). The van der Waals surface area contributed by atoms with Gasteiger partial charge in [-0.05, 0) is 42.7 Å². The number of nitrogens with zero attached hydrogens (tertiary/aromatic N) is 4. The molecule has 0 spiro atoms. The zero-order valence-electron chi connectivity index (χ0n) is 12.8. The van der Waals surface area contributed by atoms with Crippen LogP contribution in [0.1, 0.15) is 11.1 Å². The van der Waals surface area contributed by atoms with Crippen LogP contribution in [0.15, 0.2) is 48.9 Å². The third-order valence-corrected chi connectivity index (χ3v) is 4.09. The van der Waals surface area contributed by atoms with Gasteiger partial charge in [0.05, 0.1) is 11.2 Å². The van der Waals surface area contributed by atoms with Gasteiger partial charge >= 0.3 is 0 Å². The molecule has 0 bridgehead atoms. The summed E-state index contributed by atoms with van der Waals surface area (Å²) in [6, 6.07) is 12.2. The lowest BCUT2D eigenvalue weighted by Gasteiger charge is -2.10. The zero-order valence-corrected chi connectivity index (χ0v) is 12.8. The first-order valence-electron chi connectivity index (χ1n) is 7.56. The van der Waals surface area contributed by atoms with Crippen LogP contribution < -0.4 is 0 Å². The molecule has 0 atom stereocenters. The molecule has 0 amide bonds. The van der Waals surface area contributed by atoms with Crippen molar-refractivity contribution in [3.8, 4) is 11.3 Å². The van der Waals surface area contributed by atoms with Crippen molar-refractivity contribution in [2.45, 2.75) is 13.3 Å². The van der Waals surface area contributed by atoms with Crippen LogP contribution in [-0.2, 0) is 6.42 Å². The van der Waals surface area contributed by atoms with Crippen LogP contribution in [0.5, 0.6) is 0 Å². The number of fused-ring (bicyclic) bond motifs is 2. The van der Waals surface area contributed by atoms with Crippen molar-refractivity contribution < 1.29 is 5.11 Å². The molecule has 0 aliphatic rings. The fraction of sp³-hybridized carbons (Fsp3) is 0.167. The van der Waals surface area contributed by atoms with Gasteiger partial charge in [0.2, 0.25) is 0 Å². The van der Waals surface area contributed by atoms with Gasteiger partial charge in [0.15, 0.2) is 5.65 Å².